The van der Waals surface area contributed by atoms with Gasteiger partial charge in [0.2, 0.25) is 0 Å². The Kier molecular flexibility index (Phi) is 5.45. The van der Waals surface area contributed by atoms with Crippen LogP contribution in [0.4, 0.5) is 0 Å². The molecule has 10 heavy (non-hydrogen) atoms. The van der Waals surface area contributed by atoms with Crippen LogP contribution in [0.5, 0.6) is 0 Å². The molecule has 0 saturated heterocycles. The van der Waals surface area contributed by atoms with Crippen molar-refractivity contribution in [2.45, 2.75) is 13.3 Å². The van der Waals surface area contributed by atoms with Gasteiger partial charge in [-0.2, -0.15) is 0 Å². The zero-order valence-corrected chi connectivity index (χ0v) is 7.08. The average Bonchev–Trinajstić information content (AvgIpc) is 1.88. The Morgan fingerprint density at radius 2 is 2.30 bits per heavy atom. The first-order valence-corrected chi connectivity index (χ1v) is 3.62. The molecule has 4 heteroatoms. The van der Waals surface area contributed by atoms with Crippen LogP contribution in [0.3, 0.4) is 0 Å². The van der Waals surface area contributed by atoms with Gasteiger partial charge in [0.1, 0.15) is 0 Å². The minimum atomic E-state index is -0.357. The Balaban J connectivity index is 3.58. The molecule has 0 fully saturated rings. The van der Waals surface area contributed by atoms with Gasteiger partial charge in [-0.25, -0.2) is 0 Å². The van der Waals surface area contributed by atoms with Gasteiger partial charge in [-0.3, -0.25) is 4.79 Å². The molecule has 0 rings (SSSR count). The lowest BCUT2D eigenvalue weighted by Gasteiger charge is -1.98. The maximum atomic E-state index is 10.6. The number of hydrogen-bond acceptors (Lipinski definition) is 2. The van der Waals surface area contributed by atoms with Crippen LogP contribution in [0.25, 0.3) is 0 Å². The molecule has 0 aromatic heterocycles. The number of esters is 1. The van der Waals surface area contributed by atoms with Gasteiger partial charge >= 0.3 is 5.97 Å². The molecule has 0 saturated carbocycles. The molecule has 2 nitrogen and oxygen atoms in total. The van der Waals surface area contributed by atoms with Gasteiger partial charge < -0.3 is 4.74 Å². The maximum Gasteiger partial charge on any atom is 0.311 e. The van der Waals surface area contributed by atoms with Gasteiger partial charge in [0.25, 0.3) is 0 Å². The highest BCUT2D eigenvalue weighted by Crippen LogP contribution is 2.08. The van der Waals surface area contributed by atoms with E-state index in [0.29, 0.717) is 11.6 Å². The monoisotopic (exact) mass is 182 g/mol. The van der Waals surface area contributed by atoms with Crippen molar-refractivity contribution in [2.24, 2.45) is 0 Å². The van der Waals surface area contributed by atoms with Crippen molar-refractivity contribution in [3.63, 3.8) is 0 Å². The molecular formula is C6H8Cl2O2. The van der Waals surface area contributed by atoms with Crippen molar-refractivity contribution in [3.8, 4) is 0 Å². The Morgan fingerprint density at radius 1 is 1.70 bits per heavy atom. The van der Waals surface area contributed by atoms with Crippen molar-refractivity contribution in [2.75, 3.05) is 6.61 Å². The molecule has 0 radical (unpaired) electrons. The number of hydrogen-bond donors (Lipinski definition) is 0. The van der Waals surface area contributed by atoms with Crippen LogP contribution in [0, 0.1) is 0 Å². The van der Waals surface area contributed by atoms with Gasteiger partial charge in [0.05, 0.1) is 13.0 Å². The molecule has 0 aliphatic rings. The molecule has 58 valence electrons. The Labute approximate surface area is 69.8 Å². The SMILES string of the molecule is CCOC(=O)C/C(Cl)=C\Cl. The van der Waals surface area contributed by atoms with Crippen LogP contribution in [0.15, 0.2) is 10.6 Å². The third-order valence-electron chi connectivity index (χ3n) is 0.737. The highest BCUT2D eigenvalue weighted by Gasteiger charge is 2.02. The highest BCUT2D eigenvalue weighted by atomic mass is 35.5. The smallest absolute Gasteiger partial charge is 0.311 e. The number of ether oxygens (including phenoxy) is 1. The van der Waals surface area contributed by atoms with E-state index in [9.17, 15) is 4.79 Å². The summed E-state index contributed by atoms with van der Waals surface area (Å²) in [6.45, 7) is 2.10. The number of carbonyl (C=O) groups excluding carboxylic acids is 1. The van der Waals surface area contributed by atoms with Gasteiger partial charge in [-0.05, 0) is 6.92 Å². The predicted octanol–water partition coefficient (Wildman–Crippen LogP) is 2.26. The zero-order chi connectivity index (χ0) is 7.98. The topological polar surface area (TPSA) is 26.3 Å². The van der Waals surface area contributed by atoms with Gasteiger partial charge in [-0.15, -0.1) is 0 Å². The van der Waals surface area contributed by atoms with Crippen molar-refractivity contribution in [3.05, 3.63) is 10.6 Å². The molecule has 0 N–H and O–H groups in total. The summed E-state index contributed by atoms with van der Waals surface area (Å²) >= 11 is 10.6. The van der Waals surface area contributed by atoms with Crippen molar-refractivity contribution in [1.82, 2.24) is 0 Å². The van der Waals surface area contributed by atoms with Crippen molar-refractivity contribution >= 4 is 29.2 Å². The summed E-state index contributed by atoms with van der Waals surface area (Å²) in [7, 11) is 0. The summed E-state index contributed by atoms with van der Waals surface area (Å²) in [5.74, 6) is -0.357. The van der Waals surface area contributed by atoms with E-state index in [2.05, 4.69) is 4.74 Å². The normalized spacial score (nSPS) is 11.3. The molecule has 0 amide bonds. The van der Waals surface area contributed by atoms with Crippen LogP contribution >= 0.6 is 23.2 Å². The van der Waals surface area contributed by atoms with Crippen molar-refractivity contribution < 1.29 is 9.53 Å². The summed E-state index contributed by atoms with van der Waals surface area (Å²) < 4.78 is 4.59. The summed E-state index contributed by atoms with van der Waals surface area (Å²) in [6, 6.07) is 0. The molecule has 0 aromatic carbocycles. The molecule has 0 aliphatic carbocycles. The molecule has 0 aliphatic heterocycles. The standard InChI is InChI=1S/C6H8Cl2O2/c1-2-10-6(9)3-5(8)4-7/h4H,2-3H2,1H3/b5-4+. The third-order valence-corrected chi connectivity index (χ3v) is 1.35. The van der Waals surface area contributed by atoms with E-state index in [4.69, 9.17) is 23.2 Å². The lowest BCUT2D eigenvalue weighted by Crippen LogP contribution is -2.02. The van der Waals surface area contributed by atoms with Crippen LogP contribution in [-0.4, -0.2) is 12.6 Å². The Hall–Kier alpha value is -0.210. The molecule has 0 heterocycles. The van der Waals surface area contributed by atoms with Gasteiger partial charge in [-0.1, -0.05) is 23.2 Å². The summed E-state index contributed by atoms with van der Waals surface area (Å²) in [5.41, 5.74) is 1.15. The Bertz CT molecular complexity index is 143. The average molecular weight is 183 g/mol. The van der Waals surface area contributed by atoms with Crippen molar-refractivity contribution in [1.29, 1.82) is 0 Å². The van der Waals surface area contributed by atoms with Crippen LogP contribution in [0.1, 0.15) is 13.3 Å². The largest absolute Gasteiger partial charge is 0.466 e. The number of carbonyl (C=O) groups is 1. The maximum absolute atomic E-state index is 10.6. The van der Waals surface area contributed by atoms with E-state index >= 15 is 0 Å². The fourth-order valence-electron chi connectivity index (χ4n) is 0.388. The zero-order valence-electron chi connectivity index (χ0n) is 5.56. The van der Waals surface area contributed by atoms with E-state index in [1.54, 1.807) is 6.92 Å². The molecular weight excluding hydrogens is 175 g/mol. The molecule has 0 bridgehead atoms. The second-order valence-corrected chi connectivity index (χ2v) is 2.24. The first-order chi connectivity index (χ1) is 4.70. The van der Waals surface area contributed by atoms with Crippen LogP contribution in [0.2, 0.25) is 0 Å². The second kappa shape index (κ2) is 5.57. The minimum absolute atomic E-state index is 0.0545. The third kappa shape index (κ3) is 4.65. The quantitative estimate of drug-likeness (QED) is 0.627. The van der Waals surface area contributed by atoms with E-state index in [-0.39, 0.29) is 12.4 Å². The van der Waals surface area contributed by atoms with E-state index in [0.717, 1.165) is 5.54 Å². The van der Waals surface area contributed by atoms with Gasteiger partial charge in [0, 0.05) is 10.6 Å². The number of rotatable bonds is 3. The molecule has 0 aromatic rings. The second-order valence-electron chi connectivity index (χ2n) is 1.54. The minimum Gasteiger partial charge on any atom is -0.466 e. The lowest BCUT2D eigenvalue weighted by molar-refractivity contribution is -0.142. The van der Waals surface area contributed by atoms with Crippen LogP contribution in [-0.2, 0) is 9.53 Å². The number of halogens is 2. The Morgan fingerprint density at radius 3 is 2.70 bits per heavy atom. The fraction of sp³-hybridized carbons (Fsp3) is 0.500. The predicted molar refractivity (Wildman–Crippen MR) is 41.0 cm³/mol. The molecule has 0 unspecified atom stereocenters. The van der Waals surface area contributed by atoms with Gasteiger partial charge in [0.15, 0.2) is 0 Å². The summed E-state index contributed by atoms with van der Waals surface area (Å²) in [6.07, 6.45) is 0.0545. The molecule has 0 atom stereocenters. The first kappa shape index (κ1) is 9.79. The van der Waals surface area contributed by atoms with E-state index < -0.39 is 0 Å². The fourth-order valence-corrected chi connectivity index (χ4v) is 0.575. The molecule has 0 spiro atoms. The van der Waals surface area contributed by atoms with E-state index in [1.807, 2.05) is 0 Å². The summed E-state index contributed by atoms with van der Waals surface area (Å²) in [5, 5.41) is 0.292. The van der Waals surface area contributed by atoms with Crippen LogP contribution < -0.4 is 0 Å². The summed E-state index contributed by atoms with van der Waals surface area (Å²) in [4.78, 5) is 10.6. The lowest BCUT2D eigenvalue weighted by atomic mass is 10.4. The highest BCUT2D eigenvalue weighted by molar-refractivity contribution is 6.37. The first-order valence-electron chi connectivity index (χ1n) is 2.81. The van der Waals surface area contributed by atoms with E-state index in [1.165, 1.54) is 0 Å².